The van der Waals surface area contributed by atoms with E-state index in [0.29, 0.717) is 24.3 Å². The maximum Gasteiger partial charge on any atom is 0.323 e. The number of rotatable bonds is 7. The highest BCUT2D eigenvalue weighted by atomic mass is 16.4. The van der Waals surface area contributed by atoms with Crippen LogP contribution in [0.25, 0.3) is 0 Å². The summed E-state index contributed by atoms with van der Waals surface area (Å²) in [7, 11) is 0. The second-order valence-corrected chi connectivity index (χ2v) is 5.75. The number of para-hydroxylation sites is 2. The molecule has 0 radical (unpaired) electrons. The van der Waals surface area contributed by atoms with E-state index in [1.165, 1.54) is 9.80 Å². The maximum absolute atomic E-state index is 12.5. The molecule has 0 aliphatic carbocycles. The Kier molecular flexibility index (Phi) is 6.10. The topological polar surface area (TPSA) is 107 Å². The summed E-state index contributed by atoms with van der Waals surface area (Å²) in [4.78, 5) is 49.8. The number of amides is 3. The molecule has 0 saturated carbocycles. The van der Waals surface area contributed by atoms with E-state index in [-0.39, 0.29) is 43.7 Å². The van der Waals surface area contributed by atoms with Gasteiger partial charge in [-0.15, -0.1) is 0 Å². The summed E-state index contributed by atoms with van der Waals surface area (Å²) in [6.07, 6.45) is 0.458. The zero-order valence-corrected chi connectivity index (χ0v) is 14.0. The van der Waals surface area contributed by atoms with Crippen molar-refractivity contribution in [2.45, 2.75) is 26.2 Å². The Balaban J connectivity index is 2.01. The third-order valence-corrected chi connectivity index (χ3v) is 3.80. The number of aliphatic carboxylic acids is 1. The fourth-order valence-corrected chi connectivity index (χ4v) is 2.69. The minimum Gasteiger partial charge on any atom is -0.480 e. The number of hydrogen-bond donors (Lipinski definition) is 2. The largest absolute Gasteiger partial charge is 0.480 e. The Morgan fingerprint density at radius 2 is 1.96 bits per heavy atom. The number of anilines is 2. The van der Waals surface area contributed by atoms with Crippen molar-refractivity contribution in [2.75, 3.05) is 29.9 Å². The van der Waals surface area contributed by atoms with E-state index >= 15 is 0 Å². The Morgan fingerprint density at radius 1 is 1.24 bits per heavy atom. The first-order chi connectivity index (χ1) is 11.9. The number of carboxylic acid groups (broad SMARTS) is 1. The van der Waals surface area contributed by atoms with Gasteiger partial charge in [0.15, 0.2) is 0 Å². The lowest BCUT2D eigenvalue weighted by atomic mass is 10.1. The van der Waals surface area contributed by atoms with Crippen LogP contribution >= 0.6 is 0 Å². The third-order valence-electron chi connectivity index (χ3n) is 3.80. The van der Waals surface area contributed by atoms with Gasteiger partial charge in [-0.3, -0.25) is 19.2 Å². The summed E-state index contributed by atoms with van der Waals surface area (Å²) in [6, 6.07) is 6.94. The molecule has 1 aromatic carbocycles. The Bertz CT molecular complexity index is 689. The van der Waals surface area contributed by atoms with Crippen molar-refractivity contribution in [1.29, 1.82) is 0 Å². The molecule has 1 aliphatic rings. The molecular weight excluding hydrogens is 326 g/mol. The second kappa shape index (κ2) is 8.27. The summed E-state index contributed by atoms with van der Waals surface area (Å²) >= 11 is 0. The maximum atomic E-state index is 12.5. The van der Waals surface area contributed by atoms with E-state index in [1.54, 1.807) is 24.3 Å². The Hall–Kier alpha value is -2.90. The van der Waals surface area contributed by atoms with Crippen molar-refractivity contribution in [2.24, 2.45) is 0 Å². The average molecular weight is 347 g/mol. The van der Waals surface area contributed by atoms with Crippen LogP contribution in [0.3, 0.4) is 0 Å². The Labute approximate surface area is 145 Å². The predicted molar refractivity (Wildman–Crippen MR) is 91.2 cm³/mol. The lowest BCUT2D eigenvalue weighted by Crippen LogP contribution is -2.43. The molecule has 3 amide bonds. The van der Waals surface area contributed by atoms with Crippen molar-refractivity contribution in [3.8, 4) is 0 Å². The number of carbonyl (C=O) groups excluding carboxylic acids is 3. The molecule has 2 N–H and O–H groups in total. The van der Waals surface area contributed by atoms with Crippen LogP contribution < -0.4 is 10.2 Å². The number of nitrogens with one attached hydrogen (secondary N) is 1. The van der Waals surface area contributed by atoms with Gasteiger partial charge in [-0.05, 0) is 18.6 Å². The van der Waals surface area contributed by atoms with Crippen molar-refractivity contribution < 1.29 is 24.3 Å². The van der Waals surface area contributed by atoms with Gasteiger partial charge >= 0.3 is 5.97 Å². The average Bonchev–Trinajstić information content (AvgIpc) is 2.57. The van der Waals surface area contributed by atoms with Gasteiger partial charge in [0.2, 0.25) is 17.7 Å². The molecule has 0 fully saturated rings. The van der Waals surface area contributed by atoms with Crippen LogP contribution in [0.5, 0.6) is 0 Å². The summed E-state index contributed by atoms with van der Waals surface area (Å²) in [5.74, 6) is -2.11. The van der Waals surface area contributed by atoms with Crippen LogP contribution in [0.4, 0.5) is 11.4 Å². The molecule has 1 heterocycles. The first-order valence-corrected chi connectivity index (χ1v) is 8.11. The fourth-order valence-electron chi connectivity index (χ4n) is 2.69. The second-order valence-electron chi connectivity index (χ2n) is 5.75. The van der Waals surface area contributed by atoms with Crippen molar-refractivity contribution in [3.63, 3.8) is 0 Å². The zero-order chi connectivity index (χ0) is 18.4. The van der Waals surface area contributed by atoms with Crippen molar-refractivity contribution in [1.82, 2.24) is 4.90 Å². The highest BCUT2D eigenvalue weighted by Crippen LogP contribution is 2.29. The zero-order valence-electron chi connectivity index (χ0n) is 14.0. The van der Waals surface area contributed by atoms with Gasteiger partial charge in [-0.2, -0.15) is 0 Å². The van der Waals surface area contributed by atoms with Gasteiger partial charge in [-0.1, -0.05) is 19.1 Å². The van der Waals surface area contributed by atoms with Gasteiger partial charge < -0.3 is 20.2 Å². The number of hydrogen-bond acceptors (Lipinski definition) is 4. The molecule has 25 heavy (non-hydrogen) atoms. The van der Waals surface area contributed by atoms with Crippen LogP contribution in [-0.4, -0.2) is 53.3 Å². The summed E-state index contributed by atoms with van der Waals surface area (Å²) in [6.45, 7) is 1.69. The third kappa shape index (κ3) is 4.79. The molecule has 0 atom stereocenters. The predicted octanol–water partition coefficient (Wildman–Crippen LogP) is 1.08. The van der Waals surface area contributed by atoms with Crippen molar-refractivity contribution >= 4 is 35.1 Å². The van der Waals surface area contributed by atoms with E-state index in [1.807, 2.05) is 6.92 Å². The highest BCUT2D eigenvalue weighted by Gasteiger charge is 2.27. The fraction of sp³-hybridized carbons (Fsp3) is 0.412. The lowest BCUT2D eigenvalue weighted by Gasteiger charge is -2.29. The molecule has 8 nitrogen and oxygen atoms in total. The minimum absolute atomic E-state index is 0.0831. The highest BCUT2D eigenvalue weighted by molar-refractivity contribution is 6.10. The first-order valence-electron chi connectivity index (χ1n) is 8.11. The number of benzene rings is 1. The monoisotopic (exact) mass is 347 g/mol. The first kappa shape index (κ1) is 18.4. The summed E-state index contributed by atoms with van der Waals surface area (Å²) < 4.78 is 0. The smallest absolute Gasteiger partial charge is 0.323 e. The van der Waals surface area contributed by atoms with Gasteiger partial charge in [0, 0.05) is 19.4 Å². The van der Waals surface area contributed by atoms with E-state index in [4.69, 9.17) is 5.11 Å². The molecule has 2 rings (SSSR count). The van der Waals surface area contributed by atoms with Gasteiger partial charge in [0.1, 0.15) is 13.1 Å². The summed E-state index contributed by atoms with van der Waals surface area (Å²) in [5.41, 5.74) is 1.15. The molecule has 0 spiro atoms. The molecule has 0 bridgehead atoms. The number of fused-ring (bicyclic) bond motifs is 1. The number of carbonyl (C=O) groups is 4. The van der Waals surface area contributed by atoms with E-state index in [9.17, 15) is 19.2 Å². The number of carboxylic acids is 1. The van der Waals surface area contributed by atoms with Crippen molar-refractivity contribution in [3.05, 3.63) is 24.3 Å². The van der Waals surface area contributed by atoms with Crippen LogP contribution in [0.2, 0.25) is 0 Å². The van der Waals surface area contributed by atoms with Gasteiger partial charge in [0.05, 0.1) is 11.4 Å². The molecule has 0 aromatic heterocycles. The molecular formula is C17H21N3O5. The van der Waals surface area contributed by atoms with Gasteiger partial charge in [-0.25, -0.2) is 0 Å². The van der Waals surface area contributed by atoms with E-state index in [0.717, 1.165) is 0 Å². The molecule has 1 aliphatic heterocycles. The van der Waals surface area contributed by atoms with E-state index in [2.05, 4.69) is 5.32 Å². The molecule has 0 saturated heterocycles. The van der Waals surface area contributed by atoms with Crippen LogP contribution in [-0.2, 0) is 19.2 Å². The molecule has 134 valence electrons. The molecule has 8 heteroatoms. The van der Waals surface area contributed by atoms with Crippen LogP contribution in [0.1, 0.15) is 26.2 Å². The Morgan fingerprint density at radius 3 is 2.64 bits per heavy atom. The SMILES string of the molecule is CCCN(CC(=O)O)C(=O)CCC(=O)N1CC(=O)Nc2ccccc21. The van der Waals surface area contributed by atoms with Crippen LogP contribution in [0, 0.1) is 0 Å². The number of nitrogens with zero attached hydrogens (tertiary/aromatic N) is 2. The minimum atomic E-state index is -1.09. The quantitative estimate of drug-likeness (QED) is 0.767. The standard InChI is InChI=1S/C17H21N3O5/c1-2-9-19(11-17(24)25)15(22)7-8-16(23)20-10-14(21)18-12-5-3-4-6-13(12)20/h3-6H,2,7-11H2,1H3,(H,18,21)(H,24,25). The summed E-state index contributed by atoms with van der Waals surface area (Å²) in [5, 5.41) is 11.6. The normalized spacial score (nSPS) is 13.0. The molecule has 0 unspecified atom stereocenters. The van der Waals surface area contributed by atoms with Crippen LogP contribution in [0.15, 0.2) is 24.3 Å². The molecule has 1 aromatic rings. The van der Waals surface area contributed by atoms with Gasteiger partial charge in [0.25, 0.3) is 0 Å². The lowest BCUT2D eigenvalue weighted by molar-refractivity contribution is -0.144. The van der Waals surface area contributed by atoms with E-state index < -0.39 is 5.97 Å².